The van der Waals surface area contributed by atoms with Gasteiger partial charge in [0.1, 0.15) is 0 Å². The van der Waals surface area contributed by atoms with E-state index in [1.54, 1.807) is 43.6 Å². The lowest BCUT2D eigenvalue weighted by atomic mass is 10.3. The number of hydrazine groups is 1. The molecule has 0 spiro atoms. The minimum absolute atomic E-state index is 0.0802. The summed E-state index contributed by atoms with van der Waals surface area (Å²) in [5.74, 6) is 5.36. The number of nitrogens with zero attached hydrogens (tertiary/aromatic N) is 3. The summed E-state index contributed by atoms with van der Waals surface area (Å²) in [6.45, 7) is 2.35. The van der Waals surface area contributed by atoms with Crippen LogP contribution in [0.3, 0.4) is 0 Å². The Hall–Kier alpha value is -2.03. The third-order valence-corrected chi connectivity index (χ3v) is 4.85. The van der Waals surface area contributed by atoms with Crippen LogP contribution in [0.1, 0.15) is 12.5 Å². The molecule has 0 amide bonds. The molecule has 0 aliphatic carbocycles. The average Bonchev–Trinajstić information content (AvgIpc) is 2.53. The lowest BCUT2D eigenvalue weighted by Crippen LogP contribution is -2.32. The van der Waals surface area contributed by atoms with E-state index in [4.69, 9.17) is 5.84 Å². The van der Waals surface area contributed by atoms with Gasteiger partial charge in [0.15, 0.2) is 5.03 Å². The van der Waals surface area contributed by atoms with Gasteiger partial charge < -0.3 is 5.43 Å². The molecule has 0 saturated heterocycles. The number of nitrogen functional groups attached to an aromatic ring is 1. The maximum absolute atomic E-state index is 12.7. The monoisotopic (exact) mass is 307 g/mol. The second-order valence-electron chi connectivity index (χ2n) is 4.29. The molecule has 7 nitrogen and oxygen atoms in total. The van der Waals surface area contributed by atoms with Gasteiger partial charge in [0.25, 0.3) is 10.0 Å². The highest BCUT2D eigenvalue weighted by Crippen LogP contribution is 2.22. The van der Waals surface area contributed by atoms with Crippen molar-refractivity contribution >= 4 is 15.7 Å². The van der Waals surface area contributed by atoms with Gasteiger partial charge in [-0.1, -0.05) is 6.92 Å². The van der Waals surface area contributed by atoms with Crippen LogP contribution >= 0.6 is 0 Å². The molecule has 8 heteroatoms. The number of nitrogens with two attached hydrogens (primary N) is 1. The largest absolute Gasteiger partial charge is 0.321 e. The van der Waals surface area contributed by atoms with E-state index in [9.17, 15) is 8.42 Å². The summed E-state index contributed by atoms with van der Waals surface area (Å²) < 4.78 is 26.7. The van der Waals surface area contributed by atoms with Crippen LogP contribution in [0.25, 0.3) is 0 Å². The molecule has 0 unspecified atom stereocenters. The average molecular weight is 307 g/mol. The first-order valence-electron chi connectivity index (χ1n) is 6.40. The molecule has 21 heavy (non-hydrogen) atoms. The van der Waals surface area contributed by atoms with Crippen molar-refractivity contribution in [3.8, 4) is 0 Å². The molecule has 0 aliphatic rings. The predicted molar refractivity (Wildman–Crippen MR) is 79.6 cm³/mol. The van der Waals surface area contributed by atoms with Gasteiger partial charge in [-0.3, -0.25) is 10.8 Å². The van der Waals surface area contributed by atoms with Crippen LogP contribution in [-0.2, 0) is 16.6 Å². The number of pyridine rings is 2. The first-order chi connectivity index (χ1) is 10.1. The predicted octanol–water partition coefficient (Wildman–Crippen LogP) is 0.973. The zero-order valence-corrected chi connectivity index (χ0v) is 12.4. The van der Waals surface area contributed by atoms with Crippen molar-refractivity contribution in [1.82, 2.24) is 14.3 Å². The number of aromatic nitrogens is 2. The van der Waals surface area contributed by atoms with Gasteiger partial charge in [-0.2, -0.15) is 4.31 Å². The highest BCUT2D eigenvalue weighted by Gasteiger charge is 2.27. The van der Waals surface area contributed by atoms with Crippen LogP contribution in [0.5, 0.6) is 0 Å². The maximum Gasteiger partial charge on any atom is 0.262 e. The van der Waals surface area contributed by atoms with Crippen molar-refractivity contribution in [2.24, 2.45) is 5.84 Å². The summed E-state index contributed by atoms with van der Waals surface area (Å²) in [4.78, 5) is 7.87. The van der Waals surface area contributed by atoms with E-state index in [1.165, 1.54) is 10.5 Å². The molecular weight excluding hydrogens is 290 g/mol. The van der Waals surface area contributed by atoms with Crippen molar-refractivity contribution in [3.05, 3.63) is 48.4 Å². The maximum atomic E-state index is 12.7. The highest BCUT2D eigenvalue weighted by molar-refractivity contribution is 7.89. The number of anilines is 1. The van der Waals surface area contributed by atoms with E-state index in [0.29, 0.717) is 6.54 Å². The second kappa shape index (κ2) is 6.61. The van der Waals surface area contributed by atoms with Crippen molar-refractivity contribution in [2.45, 2.75) is 18.5 Å². The summed E-state index contributed by atoms with van der Waals surface area (Å²) in [7, 11) is -3.73. The van der Waals surface area contributed by atoms with Crippen molar-refractivity contribution in [3.63, 3.8) is 0 Å². The third kappa shape index (κ3) is 3.35. The molecule has 2 aromatic rings. The van der Waals surface area contributed by atoms with E-state index >= 15 is 0 Å². The minimum atomic E-state index is -3.73. The van der Waals surface area contributed by atoms with E-state index in [2.05, 4.69) is 15.4 Å². The standard InChI is InChI=1S/C13H17N5O2S/c1-2-18(10-11-5-8-15-9-6-11)21(19,20)13-12(17-14)4-3-7-16-13/h3-9,17H,2,10,14H2,1H3. The molecule has 2 heterocycles. The van der Waals surface area contributed by atoms with Crippen LogP contribution in [0.4, 0.5) is 5.69 Å². The molecular formula is C13H17N5O2S. The summed E-state index contributed by atoms with van der Waals surface area (Å²) in [6, 6.07) is 6.74. The molecule has 0 radical (unpaired) electrons. The number of hydrogen-bond acceptors (Lipinski definition) is 6. The minimum Gasteiger partial charge on any atom is -0.321 e. The Morgan fingerprint density at radius 3 is 2.57 bits per heavy atom. The molecule has 0 aliphatic heterocycles. The normalized spacial score (nSPS) is 11.6. The number of hydrogen-bond donors (Lipinski definition) is 2. The van der Waals surface area contributed by atoms with Gasteiger partial charge in [-0.25, -0.2) is 13.4 Å². The lowest BCUT2D eigenvalue weighted by Gasteiger charge is -2.21. The fourth-order valence-electron chi connectivity index (χ4n) is 1.89. The number of sulfonamides is 1. The Kier molecular flexibility index (Phi) is 4.84. The second-order valence-corrected chi connectivity index (χ2v) is 6.14. The summed E-state index contributed by atoms with van der Waals surface area (Å²) in [6.07, 6.45) is 4.68. The quantitative estimate of drug-likeness (QED) is 0.609. The highest BCUT2D eigenvalue weighted by atomic mass is 32.2. The van der Waals surface area contributed by atoms with Crippen molar-refractivity contribution in [1.29, 1.82) is 0 Å². The van der Waals surface area contributed by atoms with Gasteiger partial charge in [0, 0.05) is 31.7 Å². The van der Waals surface area contributed by atoms with Crippen LogP contribution in [0, 0.1) is 0 Å². The first-order valence-corrected chi connectivity index (χ1v) is 7.84. The molecule has 3 N–H and O–H groups in total. The van der Waals surface area contributed by atoms with E-state index in [0.717, 1.165) is 5.56 Å². The Bertz CT molecular complexity index is 691. The first kappa shape index (κ1) is 15.4. The van der Waals surface area contributed by atoms with Gasteiger partial charge in [-0.05, 0) is 29.8 Å². The molecule has 2 aromatic heterocycles. The fraction of sp³-hybridized carbons (Fsp3) is 0.231. The topological polar surface area (TPSA) is 101 Å². The Morgan fingerprint density at radius 1 is 1.24 bits per heavy atom. The van der Waals surface area contributed by atoms with Crippen molar-refractivity contribution < 1.29 is 8.42 Å². The zero-order valence-electron chi connectivity index (χ0n) is 11.6. The number of nitrogens with one attached hydrogen (secondary N) is 1. The molecule has 0 bridgehead atoms. The zero-order chi connectivity index (χ0) is 15.3. The molecule has 0 aromatic carbocycles. The van der Waals surface area contributed by atoms with Crippen LogP contribution in [-0.4, -0.2) is 29.2 Å². The molecule has 112 valence electrons. The fourth-order valence-corrected chi connectivity index (χ4v) is 3.39. The smallest absolute Gasteiger partial charge is 0.262 e. The molecule has 0 fully saturated rings. The third-order valence-electron chi connectivity index (χ3n) is 2.97. The van der Waals surface area contributed by atoms with Crippen LogP contribution < -0.4 is 11.3 Å². The Balaban J connectivity index is 2.36. The van der Waals surface area contributed by atoms with Crippen LogP contribution in [0.15, 0.2) is 47.9 Å². The number of rotatable bonds is 6. The summed E-state index contributed by atoms with van der Waals surface area (Å²) >= 11 is 0. The van der Waals surface area contributed by atoms with Gasteiger partial charge in [0.2, 0.25) is 0 Å². The molecule has 0 saturated carbocycles. The van der Waals surface area contributed by atoms with Crippen LogP contribution in [0.2, 0.25) is 0 Å². The Labute approximate surface area is 123 Å². The van der Waals surface area contributed by atoms with Gasteiger partial charge in [-0.15, -0.1) is 0 Å². The Morgan fingerprint density at radius 2 is 1.95 bits per heavy atom. The lowest BCUT2D eigenvalue weighted by molar-refractivity contribution is 0.421. The van der Waals surface area contributed by atoms with Gasteiger partial charge in [0.05, 0.1) is 5.69 Å². The molecule has 2 rings (SSSR count). The van der Waals surface area contributed by atoms with E-state index in [1.807, 2.05) is 0 Å². The molecule has 0 atom stereocenters. The SMILES string of the molecule is CCN(Cc1ccncc1)S(=O)(=O)c1ncccc1NN. The summed E-state index contributed by atoms with van der Waals surface area (Å²) in [5.41, 5.74) is 3.49. The summed E-state index contributed by atoms with van der Waals surface area (Å²) in [5, 5.41) is -0.0802. The van der Waals surface area contributed by atoms with Gasteiger partial charge >= 0.3 is 0 Å². The van der Waals surface area contributed by atoms with Crippen molar-refractivity contribution in [2.75, 3.05) is 12.0 Å². The van der Waals surface area contributed by atoms with E-state index < -0.39 is 10.0 Å². The van der Waals surface area contributed by atoms with E-state index in [-0.39, 0.29) is 17.3 Å².